The maximum Gasteiger partial charge on any atom is 0.416 e. The maximum atomic E-state index is 13.7. The number of halogens is 3. The third-order valence-corrected chi connectivity index (χ3v) is 6.55. The zero-order chi connectivity index (χ0) is 28.2. The van der Waals surface area contributed by atoms with Gasteiger partial charge in [0.05, 0.1) is 41.2 Å². The number of fused-ring (bicyclic) bond motifs is 1. The molecule has 0 aliphatic carbocycles. The molecule has 1 atom stereocenters. The predicted molar refractivity (Wildman–Crippen MR) is 144 cm³/mol. The monoisotopic (exact) mass is 537 g/mol. The van der Waals surface area contributed by atoms with Crippen molar-refractivity contribution in [1.29, 1.82) is 0 Å². The number of ether oxygens (including phenoxy) is 1. The Morgan fingerprint density at radius 3 is 2.46 bits per heavy atom. The van der Waals surface area contributed by atoms with E-state index in [1.807, 2.05) is 38.1 Å². The fourth-order valence-corrected chi connectivity index (χ4v) is 4.49. The molecule has 1 heterocycles. The van der Waals surface area contributed by atoms with Gasteiger partial charge in [-0.1, -0.05) is 48.0 Å². The van der Waals surface area contributed by atoms with E-state index in [9.17, 15) is 22.8 Å². The first-order chi connectivity index (χ1) is 18.6. The van der Waals surface area contributed by atoms with E-state index in [4.69, 9.17) is 9.72 Å². The van der Waals surface area contributed by atoms with E-state index in [-0.39, 0.29) is 30.7 Å². The molecule has 6 nitrogen and oxygen atoms in total. The summed E-state index contributed by atoms with van der Waals surface area (Å²) in [7, 11) is 0. The first-order valence-electron chi connectivity index (χ1n) is 12.7. The van der Waals surface area contributed by atoms with Crippen LogP contribution in [0.2, 0.25) is 0 Å². The smallest absolute Gasteiger partial charge is 0.380 e. The summed E-state index contributed by atoms with van der Waals surface area (Å²) in [5, 5.41) is 0.435. The highest BCUT2D eigenvalue weighted by atomic mass is 19.4. The summed E-state index contributed by atoms with van der Waals surface area (Å²) in [4.78, 5) is 33.6. The number of amides is 1. The van der Waals surface area contributed by atoms with E-state index in [1.165, 1.54) is 21.6 Å². The van der Waals surface area contributed by atoms with E-state index in [0.29, 0.717) is 29.0 Å². The van der Waals surface area contributed by atoms with Crippen LogP contribution in [0.15, 0.2) is 77.6 Å². The van der Waals surface area contributed by atoms with E-state index < -0.39 is 23.7 Å². The molecule has 1 amide bonds. The number of hydrogen-bond acceptors (Lipinski definition) is 4. The number of para-hydroxylation sites is 1. The minimum atomic E-state index is -4.51. The third kappa shape index (κ3) is 6.37. The van der Waals surface area contributed by atoms with Crippen LogP contribution in [-0.4, -0.2) is 40.1 Å². The SMILES string of the molecule is CCOCCN(C(=O)Cc1cccc(C(F)(F)F)c1)C(C)c1nc2ccccc2c(=O)n1-c1ccc(C)cc1. The number of hydrogen-bond donors (Lipinski definition) is 0. The lowest BCUT2D eigenvalue weighted by Gasteiger charge is -2.31. The molecule has 1 unspecified atom stereocenters. The van der Waals surface area contributed by atoms with Crippen LogP contribution in [0.3, 0.4) is 0 Å². The lowest BCUT2D eigenvalue weighted by Crippen LogP contribution is -2.40. The molecule has 0 aliphatic heterocycles. The molecule has 204 valence electrons. The van der Waals surface area contributed by atoms with E-state index in [2.05, 4.69) is 0 Å². The molecule has 4 rings (SSSR count). The third-order valence-electron chi connectivity index (χ3n) is 6.55. The normalized spacial score (nSPS) is 12.5. The Bertz CT molecular complexity index is 1510. The van der Waals surface area contributed by atoms with Gasteiger partial charge in [-0.25, -0.2) is 4.98 Å². The highest BCUT2D eigenvalue weighted by molar-refractivity contribution is 5.80. The molecular weight excluding hydrogens is 507 g/mol. The van der Waals surface area contributed by atoms with Gasteiger partial charge in [-0.2, -0.15) is 13.2 Å². The highest BCUT2D eigenvalue weighted by Crippen LogP contribution is 2.30. The van der Waals surface area contributed by atoms with Gasteiger partial charge in [0, 0.05) is 13.2 Å². The molecule has 1 aromatic heterocycles. The van der Waals surface area contributed by atoms with Crippen molar-refractivity contribution < 1.29 is 22.7 Å². The molecule has 0 N–H and O–H groups in total. The summed E-state index contributed by atoms with van der Waals surface area (Å²) >= 11 is 0. The van der Waals surface area contributed by atoms with Crippen LogP contribution in [0.5, 0.6) is 0 Å². The number of rotatable bonds is 9. The minimum Gasteiger partial charge on any atom is -0.380 e. The first kappa shape index (κ1) is 28.0. The van der Waals surface area contributed by atoms with Crippen molar-refractivity contribution in [2.24, 2.45) is 0 Å². The van der Waals surface area contributed by atoms with Crippen molar-refractivity contribution >= 4 is 16.8 Å². The highest BCUT2D eigenvalue weighted by Gasteiger charge is 2.31. The van der Waals surface area contributed by atoms with E-state index in [1.54, 1.807) is 31.2 Å². The zero-order valence-corrected chi connectivity index (χ0v) is 22.0. The molecule has 0 spiro atoms. The summed E-state index contributed by atoms with van der Waals surface area (Å²) in [6.07, 6.45) is -4.76. The second-order valence-electron chi connectivity index (χ2n) is 9.30. The van der Waals surface area contributed by atoms with Gasteiger partial charge in [-0.15, -0.1) is 0 Å². The average molecular weight is 538 g/mol. The Hall–Kier alpha value is -3.98. The zero-order valence-electron chi connectivity index (χ0n) is 22.0. The Balaban J connectivity index is 1.79. The molecule has 0 bridgehead atoms. The lowest BCUT2D eigenvalue weighted by atomic mass is 10.1. The van der Waals surface area contributed by atoms with Gasteiger partial charge < -0.3 is 9.64 Å². The van der Waals surface area contributed by atoms with Crippen molar-refractivity contribution in [2.75, 3.05) is 19.8 Å². The maximum absolute atomic E-state index is 13.7. The second-order valence-corrected chi connectivity index (χ2v) is 9.30. The summed E-state index contributed by atoms with van der Waals surface area (Å²) in [5.41, 5.74) is 1.26. The molecule has 0 saturated heterocycles. The Kier molecular flexibility index (Phi) is 8.50. The predicted octanol–water partition coefficient (Wildman–Crippen LogP) is 5.88. The molecule has 4 aromatic rings. The first-order valence-corrected chi connectivity index (χ1v) is 12.7. The second kappa shape index (κ2) is 11.8. The van der Waals surface area contributed by atoms with Crippen molar-refractivity contribution in [3.63, 3.8) is 0 Å². The van der Waals surface area contributed by atoms with Gasteiger partial charge in [0.15, 0.2) is 0 Å². The van der Waals surface area contributed by atoms with Gasteiger partial charge in [0.1, 0.15) is 5.82 Å². The van der Waals surface area contributed by atoms with Crippen molar-refractivity contribution in [3.05, 3.63) is 106 Å². The van der Waals surface area contributed by atoms with Crippen LogP contribution in [0, 0.1) is 6.92 Å². The van der Waals surface area contributed by atoms with Gasteiger partial charge in [-0.05, 0) is 56.7 Å². The Labute approximate surface area is 224 Å². The van der Waals surface area contributed by atoms with Crippen LogP contribution in [0.1, 0.15) is 42.4 Å². The molecule has 39 heavy (non-hydrogen) atoms. The van der Waals surface area contributed by atoms with Gasteiger partial charge in [-0.3, -0.25) is 14.2 Å². The van der Waals surface area contributed by atoms with E-state index >= 15 is 0 Å². The van der Waals surface area contributed by atoms with Crippen molar-refractivity contribution in [2.45, 2.75) is 39.4 Å². The summed E-state index contributed by atoms with van der Waals surface area (Å²) in [5.74, 6) is -0.0594. The number of carbonyl (C=O) groups excluding carboxylic acids is 1. The fraction of sp³-hybridized carbons (Fsp3) is 0.300. The molecular formula is C30H30F3N3O3. The topological polar surface area (TPSA) is 64.4 Å². The number of carbonyl (C=O) groups is 1. The number of aromatic nitrogens is 2. The molecule has 3 aromatic carbocycles. The number of nitrogens with zero attached hydrogens (tertiary/aromatic N) is 3. The van der Waals surface area contributed by atoms with Crippen LogP contribution < -0.4 is 5.56 Å². The van der Waals surface area contributed by atoms with Crippen LogP contribution in [0.4, 0.5) is 13.2 Å². The lowest BCUT2D eigenvalue weighted by molar-refractivity contribution is -0.138. The van der Waals surface area contributed by atoms with Crippen LogP contribution in [-0.2, 0) is 22.1 Å². The number of alkyl halides is 3. The number of benzene rings is 3. The van der Waals surface area contributed by atoms with Gasteiger partial charge in [0.2, 0.25) is 5.91 Å². The number of aryl methyl sites for hydroxylation is 1. The Morgan fingerprint density at radius 2 is 1.77 bits per heavy atom. The minimum absolute atomic E-state index is 0.170. The van der Waals surface area contributed by atoms with Crippen molar-refractivity contribution in [1.82, 2.24) is 14.5 Å². The quantitative estimate of drug-likeness (QED) is 0.250. The summed E-state index contributed by atoms with van der Waals surface area (Å²) in [6, 6.07) is 18.5. The molecule has 0 saturated carbocycles. The fourth-order valence-electron chi connectivity index (χ4n) is 4.49. The van der Waals surface area contributed by atoms with Crippen LogP contribution in [0.25, 0.3) is 16.6 Å². The molecule has 9 heteroatoms. The summed E-state index contributed by atoms with van der Waals surface area (Å²) in [6.45, 7) is 6.36. The van der Waals surface area contributed by atoms with Gasteiger partial charge >= 0.3 is 6.18 Å². The van der Waals surface area contributed by atoms with Gasteiger partial charge in [0.25, 0.3) is 5.56 Å². The molecule has 0 radical (unpaired) electrons. The molecule has 0 fully saturated rings. The standard InChI is InChI=1S/C30H30F3N3O3/c1-4-39-17-16-35(27(37)19-22-8-7-9-23(18-22)30(31,32)33)21(3)28-34-26-11-6-5-10-25(26)29(38)36(28)24-14-12-20(2)13-15-24/h5-15,18,21H,4,16-17,19H2,1-3H3. The largest absolute Gasteiger partial charge is 0.416 e. The summed E-state index contributed by atoms with van der Waals surface area (Å²) < 4.78 is 46.8. The average Bonchev–Trinajstić information content (AvgIpc) is 2.91. The van der Waals surface area contributed by atoms with E-state index in [0.717, 1.165) is 17.7 Å². The van der Waals surface area contributed by atoms with Crippen LogP contribution >= 0.6 is 0 Å². The Morgan fingerprint density at radius 1 is 1.05 bits per heavy atom. The molecule has 0 aliphatic rings. The van der Waals surface area contributed by atoms with Crippen molar-refractivity contribution in [3.8, 4) is 5.69 Å².